The minimum atomic E-state index is -0.403. The second kappa shape index (κ2) is 8.26. The van der Waals surface area contributed by atoms with Crippen molar-refractivity contribution in [1.82, 2.24) is 14.9 Å². The third kappa shape index (κ3) is 4.13. The van der Waals surface area contributed by atoms with Crippen molar-refractivity contribution in [3.63, 3.8) is 0 Å². The summed E-state index contributed by atoms with van der Waals surface area (Å²) in [4.78, 5) is 12.7. The van der Waals surface area contributed by atoms with Crippen molar-refractivity contribution in [2.45, 2.75) is 17.3 Å². The van der Waals surface area contributed by atoms with Crippen LogP contribution in [0.25, 0.3) is 22.2 Å². The van der Waals surface area contributed by atoms with E-state index in [1.807, 2.05) is 73.7 Å². The lowest BCUT2D eigenvalue weighted by atomic mass is 10.1. The minimum Gasteiger partial charge on any atom is -0.335 e. The molecule has 0 saturated carbocycles. The molecule has 3 N–H and O–H groups in total. The normalized spacial score (nSPS) is 12.1. The molecule has 0 bridgehead atoms. The summed E-state index contributed by atoms with van der Waals surface area (Å²) in [5, 5.41) is 13.6. The number of anilines is 1. The SMILES string of the molecule is C[C@H](Sc1nnc(-c2ccccc2Br)n1N)C(=O)Nc1ccc2ccccc2c1. The van der Waals surface area contributed by atoms with Crippen LogP contribution in [0, 0.1) is 0 Å². The van der Waals surface area contributed by atoms with Crippen LogP contribution in [0.3, 0.4) is 0 Å². The molecule has 6 nitrogen and oxygen atoms in total. The molecule has 0 saturated heterocycles. The van der Waals surface area contributed by atoms with Crippen LogP contribution in [-0.2, 0) is 4.79 Å². The van der Waals surface area contributed by atoms with Crippen molar-refractivity contribution in [2.24, 2.45) is 0 Å². The van der Waals surface area contributed by atoms with Gasteiger partial charge in [0.2, 0.25) is 11.1 Å². The third-order valence-electron chi connectivity index (χ3n) is 4.45. The van der Waals surface area contributed by atoms with E-state index in [2.05, 4.69) is 31.4 Å². The van der Waals surface area contributed by atoms with Crippen LogP contribution < -0.4 is 11.2 Å². The van der Waals surface area contributed by atoms with Gasteiger partial charge < -0.3 is 11.2 Å². The van der Waals surface area contributed by atoms with Gasteiger partial charge in [0.1, 0.15) is 0 Å². The highest BCUT2D eigenvalue weighted by Gasteiger charge is 2.20. The van der Waals surface area contributed by atoms with Gasteiger partial charge in [0.25, 0.3) is 0 Å². The Hall–Kier alpha value is -2.84. The first kappa shape index (κ1) is 19.5. The van der Waals surface area contributed by atoms with Crippen LogP contribution in [-0.4, -0.2) is 26.0 Å². The summed E-state index contributed by atoms with van der Waals surface area (Å²) in [6.07, 6.45) is 0. The van der Waals surface area contributed by atoms with Crippen molar-refractivity contribution in [2.75, 3.05) is 11.2 Å². The first-order chi connectivity index (χ1) is 14.0. The molecule has 29 heavy (non-hydrogen) atoms. The molecule has 146 valence electrons. The van der Waals surface area contributed by atoms with E-state index in [0.29, 0.717) is 11.0 Å². The van der Waals surface area contributed by atoms with Gasteiger partial charge in [0.15, 0.2) is 5.82 Å². The molecular weight excluding hydrogens is 450 g/mol. The summed E-state index contributed by atoms with van der Waals surface area (Å²) in [6.45, 7) is 1.81. The number of nitrogens with one attached hydrogen (secondary N) is 1. The average molecular weight is 468 g/mol. The van der Waals surface area contributed by atoms with E-state index in [1.54, 1.807) is 0 Å². The molecule has 8 heteroatoms. The number of carbonyl (C=O) groups excluding carboxylic acids is 1. The smallest absolute Gasteiger partial charge is 0.237 e. The Morgan fingerprint density at radius 1 is 1.07 bits per heavy atom. The number of hydrogen-bond donors (Lipinski definition) is 2. The zero-order valence-electron chi connectivity index (χ0n) is 15.5. The molecule has 0 spiro atoms. The molecular formula is C21H18BrN5OS. The van der Waals surface area contributed by atoms with Gasteiger partial charge in [-0.2, -0.15) is 0 Å². The predicted octanol–water partition coefficient (Wildman–Crippen LogP) is 4.69. The molecule has 1 heterocycles. The molecule has 4 aromatic rings. The van der Waals surface area contributed by atoms with E-state index in [-0.39, 0.29) is 5.91 Å². The summed E-state index contributed by atoms with van der Waals surface area (Å²) in [5.41, 5.74) is 1.59. The fourth-order valence-electron chi connectivity index (χ4n) is 2.91. The second-order valence-electron chi connectivity index (χ2n) is 6.47. The van der Waals surface area contributed by atoms with Crippen LogP contribution in [0.15, 0.2) is 76.4 Å². The Morgan fingerprint density at radius 2 is 1.79 bits per heavy atom. The van der Waals surface area contributed by atoms with Crippen molar-refractivity contribution < 1.29 is 4.79 Å². The zero-order chi connectivity index (χ0) is 20.4. The second-order valence-corrected chi connectivity index (χ2v) is 8.63. The lowest BCUT2D eigenvalue weighted by molar-refractivity contribution is -0.115. The highest BCUT2D eigenvalue weighted by atomic mass is 79.9. The van der Waals surface area contributed by atoms with E-state index in [0.717, 1.165) is 26.5 Å². The van der Waals surface area contributed by atoms with E-state index >= 15 is 0 Å². The molecule has 0 aliphatic carbocycles. The predicted molar refractivity (Wildman–Crippen MR) is 121 cm³/mol. The van der Waals surface area contributed by atoms with E-state index in [9.17, 15) is 4.79 Å². The number of nitrogen functional groups attached to an aromatic ring is 1. The number of carbonyl (C=O) groups is 1. The summed E-state index contributed by atoms with van der Waals surface area (Å²) in [6, 6.07) is 21.5. The van der Waals surface area contributed by atoms with Crippen LogP contribution >= 0.6 is 27.7 Å². The number of nitrogens with two attached hydrogens (primary N) is 1. The number of hydrogen-bond acceptors (Lipinski definition) is 5. The van der Waals surface area contributed by atoms with Crippen molar-refractivity contribution in [1.29, 1.82) is 0 Å². The fraction of sp³-hybridized carbons (Fsp3) is 0.0952. The van der Waals surface area contributed by atoms with Gasteiger partial charge in [0, 0.05) is 15.7 Å². The average Bonchev–Trinajstić information content (AvgIpc) is 3.08. The Morgan fingerprint density at radius 3 is 2.59 bits per heavy atom. The third-order valence-corrected chi connectivity index (χ3v) is 6.20. The molecule has 1 amide bonds. The maximum absolute atomic E-state index is 12.7. The molecule has 0 aliphatic heterocycles. The number of aromatic nitrogens is 3. The first-order valence-electron chi connectivity index (χ1n) is 8.94. The maximum atomic E-state index is 12.7. The summed E-state index contributed by atoms with van der Waals surface area (Å²) < 4.78 is 2.28. The highest BCUT2D eigenvalue weighted by Crippen LogP contribution is 2.29. The number of benzene rings is 3. The lowest BCUT2D eigenvalue weighted by Crippen LogP contribution is -2.23. The van der Waals surface area contributed by atoms with Gasteiger partial charge >= 0.3 is 0 Å². The lowest BCUT2D eigenvalue weighted by Gasteiger charge is -2.12. The monoisotopic (exact) mass is 467 g/mol. The number of fused-ring (bicyclic) bond motifs is 1. The van der Waals surface area contributed by atoms with E-state index < -0.39 is 5.25 Å². The minimum absolute atomic E-state index is 0.129. The van der Waals surface area contributed by atoms with Crippen molar-refractivity contribution >= 4 is 50.1 Å². The molecule has 0 fully saturated rings. The first-order valence-corrected chi connectivity index (χ1v) is 10.6. The fourth-order valence-corrected chi connectivity index (χ4v) is 4.14. The van der Waals surface area contributed by atoms with Crippen molar-refractivity contribution in [3.8, 4) is 11.4 Å². The molecule has 1 atom stereocenters. The van der Waals surface area contributed by atoms with Gasteiger partial charge in [-0.3, -0.25) is 4.79 Å². The Labute approximate surface area is 180 Å². The molecule has 0 radical (unpaired) electrons. The Balaban J connectivity index is 1.48. The summed E-state index contributed by atoms with van der Waals surface area (Å²) in [7, 11) is 0. The standard InChI is InChI=1S/C21H18BrN5OS/c1-13(20(28)24-16-11-10-14-6-2-3-7-15(14)12-16)29-21-26-25-19(27(21)23)17-8-4-5-9-18(17)22/h2-13H,23H2,1H3,(H,24,28)/t13-/m0/s1. The van der Waals surface area contributed by atoms with Crippen LogP contribution in [0.2, 0.25) is 0 Å². The molecule has 3 aromatic carbocycles. The number of halogens is 1. The van der Waals surface area contributed by atoms with E-state index in [1.165, 1.54) is 16.4 Å². The summed E-state index contributed by atoms with van der Waals surface area (Å²) >= 11 is 4.76. The van der Waals surface area contributed by atoms with Crippen molar-refractivity contribution in [3.05, 3.63) is 71.2 Å². The van der Waals surface area contributed by atoms with Gasteiger partial charge in [0.05, 0.1) is 5.25 Å². The highest BCUT2D eigenvalue weighted by molar-refractivity contribution is 9.10. The van der Waals surface area contributed by atoms with Gasteiger partial charge in [-0.25, -0.2) is 4.68 Å². The van der Waals surface area contributed by atoms with Gasteiger partial charge in [-0.15, -0.1) is 10.2 Å². The number of thioether (sulfide) groups is 1. The van der Waals surface area contributed by atoms with Gasteiger partial charge in [-0.05, 0) is 42.0 Å². The molecule has 0 unspecified atom stereocenters. The topological polar surface area (TPSA) is 85.8 Å². The quantitative estimate of drug-likeness (QED) is 0.328. The molecule has 4 rings (SSSR count). The molecule has 1 aromatic heterocycles. The number of rotatable bonds is 5. The van der Waals surface area contributed by atoms with Crippen LogP contribution in [0.4, 0.5) is 5.69 Å². The Kier molecular flexibility index (Phi) is 5.55. The Bertz CT molecular complexity index is 1190. The maximum Gasteiger partial charge on any atom is 0.237 e. The molecule has 0 aliphatic rings. The number of amides is 1. The zero-order valence-corrected chi connectivity index (χ0v) is 17.9. The largest absolute Gasteiger partial charge is 0.335 e. The number of nitrogens with zero attached hydrogens (tertiary/aromatic N) is 3. The van der Waals surface area contributed by atoms with Gasteiger partial charge in [-0.1, -0.05) is 70.2 Å². The van der Waals surface area contributed by atoms with Crippen LogP contribution in [0.1, 0.15) is 6.92 Å². The summed E-state index contributed by atoms with van der Waals surface area (Å²) in [5.74, 6) is 6.59. The van der Waals surface area contributed by atoms with E-state index in [4.69, 9.17) is 5.84 Å². The van der Waals surface area contributed by atoms with Crippen LogP contribution in [0.5, 0.6) is 0 Å².